The van der Waals surface area contributed by atoms with Gasteiger partial charge in [0.25, 0.3) is 23.6 Å². The van der Waals surface area contributed by atoms with Crippen LogP contribution in [0.25, 0.3) is 10.1 Å². The molecule has 0 saturated carbocycles. The fourth-order valence-corrected chi connectivity index (χ4v) is 13.0. The Labute approximate surface area is 500 Å². The van der Waals surface area contributed by atoms with E-state index in [0.717, 1.165) is 34.3 Å². The van der Waals surface area contributed by atoms with Crippen LogP contribution in [0.1, 0.15) is 163 Å². The van der Waals surface area contributed by atoms with Gasteiger partial charge in [-0.1, -0.05) is 64.4 Å². The Morgan fingerprint density at radius 3 is 2.10 bits per heavy atom. The van der Waals surface area contributed by atoms with Crippen molar-refractivity contribution in [2.75, 3.05) is 26.2 Å². The predicted molar refractivity (Wildman–Crippen MR) is 313 cm³/mol. The van der Waals surface area contributed by atoms with Crippen LogP contribution in [0.15, 0.2) is 60.7 Å². The second kappa shape index (κ2) is 25.9. The van der Waals surface area contributed by atoms with Gasteiger partial charge in [0.15, 0.2) is 0 Å². The van der Waals surface area contributed by atoms with Crippen molar-refractivity contribution in [2.24, 2.45) is 5.73 Å². The number of piperidine rings is 1. The van der Waals surface area contributed by atoms with Crippen molar-refractivity contribution in [2.45, 2.75) is 172 Å². The summed E-state index contributed by atoms with van der Waals surface area (Å²) in [6, 6.07) is 10.4. The number of primary amides is 1. The Bertz CT molecular complexity index is 3330. The minimum Gasteiger partial charge on any atom is -0.370 e. The molecule has 6 heterocycles. The minimum absolute atomic E-state index is 0.00467. The molecule has 0 spiro atoms. The Morgan fingerprint density at radius 1 is 0.779 bits per heavy atom. The SMILES string of the molecule is CCN1CC[C@H]2CC[C@@H](C(=O)N[C@@H](CCC(N)=O)C(=O)N[C@@H](Cc3ccc(C(C)(C)C)cc3)C(=O)NCCCCCC(=O)N3Cc4cc5c(cc4C3)C(=O)N(C3CCC(=O)NC3=O)C5=O)N2C(=O)[C@@H](NC(=O)c2cc3cc(C(C)(F)F)ccc3s2)C1. The lowest BCUT2D eigenvalue weighted by Crippen LogP contribution is -2.61. The average Bonchev–Trinajstić information content (AvgIpc) is 1.95. The molecule has 86 heavy (non-hydrogen) atoms. The van der Waals surface area contributed by atoms with Crippen molar-refractivity contribution in [3.63, 3.8) is 0 Å². The number of carbonyl (C=O) groups is 11. The van der Waals surface area contributed by atoms with Crippen LogP contribution in [-0.4, -0.2) is 147 Å². The van der Waals surface area contributed by atoms with E-state index in [4.69, 9.17) is 5.73 Å². The number of nitrogens with two attached hydrogens (primary N) is 1. The molecular weight excluding hydrogens is 1130 g/mol. The summed E-state index contributed by atoms with van der Waals surface area (Å²) in [5.74, 6) is -9.41. The highest BCUT2D eigenvalue weighted by atomic mass is 32.1. The van der Waals surface area contributed by atoms with Gasteiger partial charge in [-0.3, -0.25) is 63.0 Å². The molecule has 3 saturated heterocycles. The summed E-state index contributed by atoms with van der Waals surface area (Å²) in [5, 5.41) is 14.0. The molecule has 3 aromatic carbocycles. The number of amides is 11. The largest absolute Gasteiger partial charge is 0.370 e. The number of hydrogen-bond donors (Lipinski definition) is 6. The molecule has 6 atom stereocenters. The summed E-state index contributed by atoms with van der Waals surface area (Å²) in [5.41, 5.74) is 8.71. The first-order chi connectivity index (χ1) is 40.8. The van der Waals surface area contributed by atoms with Crippen LogP contribution in [0, 0.1) is 0 Å². The summed E-state index contributed by atoms with van der Waals surface area (Å²) >= 11 is 1.10. The number of alkyl halides is 2. The van der Waals surface area contributed by atoms with Gasteiger partial charge >= 0.3 is 0 Å². The van der Waals surface area contributed by atoms with Gasteiger partial charge < -0.3 is 41.7 Å². The molecule has 3 fully saturated rings. The maximum Gasteiger partial charge on any atom is 0.270 e. The molecule has 1 unspecified atom stereocenters. The van der Waals surface area contributed by atoms with E-state index in [-0.39, 0.29) is 104 Å². The molecular formula is C62H74F2N10O11S. The van der Waals surface area contributed by atoms with Crippen molar-refractivity contribution in [1.82, 2.24) is 46.2 Å². The van der Waals surface area contributed by atoms with Crippen LogP contribution < -0.4 is 32.3 Å². The highest BCUT2D eigenvalue weighted by Crippen LogP contribution is 2.36. The van der Waals surface area contributed by atoms with Crippen LogP contribution >= 0.6 is 11.3 Å². The molecule has 9 rings (SSSR count). The van der Waals surface area contributed by atoms with Crippen molar-refractivity contribution < 1.29 is 61.5 Å². The molecule has 0 bridgehead atoms. The molecule has 5 aliphatic rings. The summed E-state index contributed by atoms with van der Waals surface area (Å²) in [7, 11) is 0. The molecule has 458 valence electrons. The van der Waals surface area contributed by atoms with Crippen LogP contribution in [0.3, 0.4) is 0 Å². The average molecular weight is 1210 g/mol. The molecule has 5 aliphatic heterocycles. The third-order valence-electron chi connectivity index (χ3n) is 17.0. The number of halogens is 2. The third kappa shape index (κ3) is 14.1. The number of carbonyl (C=O) groups excluding carboxylic acids is 11. The highest BCUT2D eigenvalue weighted by molar-refractivity contribution is 7.20. The number of nitrogens with zero attached hydrogens (tertiary/aromatic N) is 4. The van der Waals surface area contributed by atoms with Gasteiger partial charge in [0.1, 0.15) is 30.2 Å². The molecule has 7 N–H and O–H groups in total. The van der Waals surface area contributed by atoms with Crippen LogP contribution in [0.2, 0.25) is 0 Å². The highest BCUT2D eigenvalue weighted by Gasteiger charge is 2.47. The van der Waals surface area contributed by atoms with Crippen molar-refractivity contribution in [3.8, 4) is 0 Å². The van der Waals surface area contributed by atoms with Crippen LogP contribution in [0.4, 0.5) is 8.78 Å². The second-order valence-corrected chi connectivity index (χ2v) is 25.3. The van der Waals surface area contributed by atoms with Gasteiger partial charge in [-0.2, -0.15) is 0 Å². The topological polar surface area (TPSA) is 287 Å². The Hall–Kier alpha value is -7.99. The lowest BCUT2D eigenvalue weighted by Gasteiger charge is -2.38. The van der Waals surface area contributed by atoms with Gasteiger partial charge in [-0.15, -0.1) is 11.3 Å². The zero-order chi connectivity index (χ0) is 61.9. The van der Waals surface area contributed by atoms with Gasteiger partial charge in [0.2, 0.25) is 47.3 Å². The number of benzene rings is 3. The number of unbranched alkanes of at least 4 members (excludes halogenated alkanes) is 2. The second-order valence-electron chi connectivity index (χ2n) is 24.2. The van der Waals surface area contributed by atoms with Gasteiger partial charge in [-0.05, 0) is 115 Å². The maximum atomic E-state index is 14.7. The van der Waals surface area contributed by atoms with E-state index in [2.05, 4.69) is 47.4 Å². The van der Waals surface area contributed by atoms with E-state index in [1.165, 1.54) is 29.2 Å². The van der Waals surface area contributed by atoms with Gasteiger partial charge in [0, 0.05) is 81.6 Å². The molecule has 11 amide bonds. The molecule has 4 aromatic rings. The summed E-state index contributed by atoms with van der Waals surface area (Å²) in [6.07, 6.45) is 2.49. The molecule has 0 aliphatic carbocycles. The summed E-state index contributed by atoms with van der Waals surface area (Å²) in [4.78, 5) is 155. The van der Waals surface area contributed by atoms with E-state index in [1.807, 2.05) is 36.1 Å². The molecule has 0 radical (unpaired) electrons. The third-order valence-corrected chi connectivity index (χ3v) is 18.1. The van der Waals surface area contributed by atoms with E-state index < -0.39 is 101 Å². The summed E-state index contributed by atoms with van der Waals surface area (Å²) < 4.78 is 29.0. The van der Waals surface area contributed by atoms with Crippen LogP contribution in [0.5, 0.6) is 0 Å². The first kappa shape index (κ1) is 62.5. The van der Waals surface area contributed by atoms with Crippen molar-refractivity contribution in [3.05, 3.63) is 104 Å². The lowest BCUT2D eigenvalue weighted by atomic mass is 9.86. The number of fused-ring (bicyclic) bond motifs is 4. The quantitative estimate of drug-likeness (QED) is 0.0494. The molecule has 1 aromatic heterocycles. The fraction of sp³-hybridized carbons (Fsp3) is 0.500. The Morgan fingerprint density at radius 2 is 1.47 bits per heavy atom. The number of thiophene rings is 1. The van der Waals surface area contributed by atoms with E-state index in [1.54, 1.807) is 17.0 Å². The smallest absolute Gasteiger partial charge is 0.270 e. The number of rotatable bonds is 21. The van der Waals surface area contributed by atoms with Gasteiger partial charge in [0.05, 0.1) is 16.0 Å². The minimum atomic E-state index is -3.09. The first-order valence-electron chi connectivity index (χ1n) is 29.5. The number of likely N-dealkylation sites (N-methyl/N-ethyl adjacent to an activating group) is 1. The van der Waals surface area contributed by atoms with Crippen molar-refractivity contribution in [1.29, 1.82) is 0 Å². The lowest BCUT2D eigenvalue weighted by molar-refractivity contribution is -0.144. The first-order valence-corrected chi connectivity index (χ1v) is 30.3. The Kier molecular flexibility index (Phi) is 18.9. The monoisotopic (exact) mass is 1200 g/mol. The van der Waals surface area contributed by atoms with E-state index >= 15 is 0 Å². The normalized spacial score (nSPS) is 20.6. The fourth-order valence-electron chi connectivity index (χ4n) is 12.0. The van der Waals surface area contributed by atoms with Gasteiger partial charge in [-0.25, -0.2) is 8.78 Å². The molecule has 24 heteroatoms. The predicted octanol–water partition coefficient (Wildman–Crippen LogP) is 4.59. The van der Waals surface area contributed by atoms with E-state index in [9.17, 15) is 61.5 Å². The standard InChI is InChI=1S/C62H74F2N10O11S/c1-6-71-25-23-40-16-18-46(73(40)60(85)45(33-71)69-57(82)49-30-35-27-39(62(5,63)64)15-20-48(35)86-49)55(80)67-43(17-21-50(65)75)54(79)68-44(26-34-11-13-38(14-12-34)61(2,3)4)53(78)66-24-9-7-8-10-52(77)72-31-36-28-41-42(29-37(36)32-72)59(84)74(58(41)83)47-19-22-51(76)70-56(47)81/h11-15,20,27-30,40,43-47H,6-10,16-19,21-26,31-33H2,1-5H3,(H2,65,75)(H,66,78)(H,67,80)(H,68,79)(H,69,82)(H,70,76,81)/t40-,43+,44+,45+,46+,47?/m1/s1. The van der Waals surface area contributed by atoms with Crippen LogP contribution in [-0.2, 0) is 69.2 Å². The maximum absolute atomic E-state index is 14.7. The van der Waals surface area contributed by atoms with Crippen molar-refractivity contribution >= 4 is 86.4 Å². The Balaban J connectivity index is 0.818. The van der Waals surface area contributed by atoms with E-state index in [0.29, 0.717) is 66.4 Å². The number of imide groups is 2. The zero-order valence-electron chi connectivity index (χ0n) is 49.0. The summed E-state index contributed by atoms with van der Waals surface area (Å²) in [6.45, 7) is 10.8. The number of nitrogens with one attached hydrogen (secondary N) is 5. The molecule has 21 nitrogen and oxygen atoms in total. The zero-order valence-corrected chi connectivity index (χ0v) is 49.8. The number of hydrogen-bond acceptors (Lipinski definition) is 13.